The molecule has 0 fully saturated rings. The van der Waals surface area contributed by atoms with E-state index in [0.717, 1.165) is 11.1 Å². The Hall–Kier alpha value is -2.33. The predicted molar refractivity (Wildman–Crippen MR) is 103 cm³/mol. The van der Waals surface area contributed by atoms with Crippen LogP contribution in [0, 0.1) is 6.92 Å². The third-order valence-corrected chi connectivity index (χ3v) is 3.58. The number of nitrogens with one attached hydrogen (secondary N) is 2. The van der Waals surface area contributed by atoms with Gasteiger partial charge in [-0.15, -0.1) is 12.4 Å². The van der Waals surface area contributed by atoms with Crippen LogP contribution >= 0.6 is 12.4 Å². The van der Waals surface area contributed by atoms with Gasteiger partial charge in [0.25, 0.3) is 5.56 Å². The fourth-order valence-electron chi connectivity index (χ4n) is 2.48. The Morgan fingerprint density at radius 1 is 1.00 bits per heavy atom. The summed E-state index contributed by atoms with van der Waals surface area (Å²) in [7, 11) is 0. The first-order valence-electron chi connectivity index (χ1n) is 7.71. The van der Waals surface area contributed by atoms with Crippen LogP contribution in [-0.2, 0) is 0 Å². The molecule has 0 aliphatic rings. The number of benzene rings is 2. The molecule has 0 aliphatic heterocycles. The predicted octanol–water partition coefficient (Wildman–Crippen LogP) is 4.53. The van der Waals surface area contributed by atoms with Crippen LogP contribution in [0.25, 0.3) is 22.0 Å². The van der Waals surface area contributed by atoms with E-state index in [1.807, 2.05) is 39.0 Å². The third-order valence-electron chi connectivity index (χ3n) is 3.58. The highest BCUT2D eigenvalue weighted by Crippen LogP contribution is 2.23. The van der Waals surface area contributed by atoms with E-state index in [1.165, 1.54) is 5.56 Å². The number of hydrogen-bond donors (Lipinski definition) is 2. The van der Waals surface area contributed by atoms with Gasteiger partial charge in [0.2, 0.25) is 5.95 Å². The number of aromatic amines is 1. The molecule has 4 nitrogen and oxygen atoms in total. The third kappa shape index (κ3) is 3.95. The van der Waals surface area contributed by atoms with E-state index in [2.05, 4.69) is 46.5 Å². The second-order valence-electron chi connectivity index (χ2n) is 6.89. The lowest BCUT2D eigenvalue weighted by Crippen LogP contribution is -2.28. The summed E-state index contributed by atoms with van der Waals surface area (Å²) in [5, 5.41) is 3.80. The molecule has 24 heavy (non-hydrogen) atoms. The van der Waals surface area contributed by atoms with E-state index >= 15 is 0 Å². The van der Waals surface area contributed by atoms with Gasteiger partial charge in [0.15, 0.2) is 0 Å². The van der Waals surface area contributed by atoms with Gasteiger partial charge in [0.1, 0.15) is 0 Å². The Balaban J connectivity index is 0.00000208. The Morgan fingerprint density at radius 3 is 2.25 bits per heavy atom. The average Bonchev–Trinajstić information content (AvgIpc) is 2.46. The van der Waals surface area contributed by atoms with Crippen molar-refractivity contribution >= 4 is 29.3 Å². The number of H-pyrrole nitrogens is 1. The normalized spacial score (nSPS) is 11.2. The van der Waals surface area contributed by atoms with Crippen molar-refractivity contribution in [1.29, 1.82) is 0 Å². The number of hydrogen-bond acceptors (Lipinski definition) is 3. The van der Waals surface area contributed by atoms with Gasteiger partial charge in [-0.3, -0.25) is 9.78 Å². The van der Waals surface area contributed by atoms with E-state index in [1.54, 1.807) is 0 Å². The highest BCUT2D eigenvalue weighted by atomic mass is 35.5. The summed E-state index contributed by atoms with van der Waals surface area (Å²) in [5.74, 6) is 0.498. The van der Waals surface area contributed by atoms with Crippen molar-refractivity contribution in [2.24, 2.45) is 0 Å². The molecule has 0 radical (unpaired) electrons. The summed E-state index contributed by atoms with van der Waals surface area (Å²) in [6.45, 7) is 8.13. The van der Waals surface area contributed by atoms with Gasteiger partial charge in [0, 0.05) is 5.54 Å². The molecule has 2 aromatic carbocycles. The molecule has 126 valence electrons. The molecule has 0 bridgehead atoms. The number of nitrogens with zero attached hydrogens (tertiary/aromatic N) is 1. The molecule has 3 rings (SSSR count). The van der Waals surface area contributed by atoms with Crippen molar-refractivity contribution in [2.45, 2.75) is 33.2 Å². The molecule has 0 amide bonds. The maximum Gasteiger partial charge on any atom is 0.260 e. The minimum Gasteiger partial charge on any atom is -0.351 e. The maximum atomic E-state index is 12.4. The topological polar surface area (TPSA) is 57.8 Å². The lowest BCUT2D eigenvalue weighted by atomic mass is 10.0. The summed E-state index contributed by atoms with van der Waals surface area (Å²) in [6.07, 6.45) is 0. The SMILES string of the molecule is Cc1ccc(-c2ccc3nc(NC(C)(C)C)[nH]c(=O)c3c2)cc1.Cl. The van der Waals surface area contributed by atoms with Crippen molar-refractivity contribution in [3.8, 4) is 11.1 Å². The molecular weight excluding hydrogens is 322 g/mol. The highest BCUT2D eigenvalue weighted by molar-refractivity contribution is 5.85. The first-order valence-corrected chi connectivity index (χ1v) is 7.71. The van der Waals surface area contributed by atoms with E-state index in [9.17, 15) is 4.79 Å². The van der Waals surface area contributed by atoms with Crippen LogP contribution in [0.3, 0.4) is 0 Å². The van der Waals surface area contributed by atoms with Gasteiger partial charge in [-0.05, 0) is 51.0 Å². The monoisotopic (exact) mass is 343 g/mol. The van der Waals surface area contributed by atoms with E-state index in [-0.39, 0.29) is 23.5 Å². The number of halogens is 1. The lowest BCUT2D eigenvalue weighted by molar-refractivity contribution is 0.626. The van der Waals surface area contributed by atoms with Crippen LogP contribution in [-0.4, -0.2) is 15.5 Å². The van der Waals surface area contributed by atoms with Crippen LogP contribution in [0.1, 0.15) is 26.3 Å². The van der Waals surface area contributed by atoms with Gasteiger partial charge in [-0.1, -0.05) is 35.9 Å². The largest absolute Gasteiger partial charge is 0.351 e. The van der Waals surface area contributed by atoms with Crippen LogP contribution in [0.2, 0.25) is 0 Å². The van der Waals surface area contributed by atoms with Crippen molar-refractivity contribution in [2.75, 3.05) is 5.32 Å². The van der Waals surface area contributed by atoms with Crippen molar-refractivity contribution in [1.82, 2.24) is 9.97 Å². The Morgan fingerprint density at radius 2 is 1.62 bits per heavy atom. The molecule has 1 heterocycles. The minimum absolute atomic E-state index is 0. The van der Waals surface area contributed by atoms with E-state index < -0.39 is 0 Å². The molecule has 2 N–H and O–H groups in total. The van der Waals surface area contributed by atoms with Crippen LogP contribution in [0.4, 0.5) is 5.95 Å². The van der Waals surface area contributed by atoms with Gasteiger partial charge in [-0.2, -0.15) is 0 Å². The molecule has 0 saturated heterocycles. The summed E-state index contributed by atoms with van der Waals surface area (Å²) in [4.78, 5) is 19.7. The molecule has 1 aromatic heterocycles. The van der Waals surface area contributed by atoms with Gasteiger partial charge < -0.3 is 5.32 Å². The van der Waals surface area contributed by atoms with Gasteiger partial charge in [0.05, 0.1) is 10.9 Å². The summed E-state index contributed by atoms with van der Waals surface area (Å²) >= 11 is 0. The highest BCUT2D eigenvalue weighted by Gasteiger charge is 2.12. The van der Waals surface area contributed by atoms with Crippen molar-refractivity contribution in [3.63, 3.8) is 0 Å². The number of aryl methyl sites for hydroxylation is 1. The molecule has 5 heteroatoms. The fourth-order valence-corrected chi connectivity index (χ4v) is 2.48. The zero-order chi connectivity index (χ0) is 16.6. The average molecular weight is 344 g/mol. The molecule has 0 unspecified atom stereocenters. The van der Waals surface area contributed by atoms with Crippen LogP contribution in [0.5, 0.6) is 0 Å². The maximum absolute atomic E-state index is 12.4. The van der Waals surface area contributed by atoms with Crippen LogP contribution in [0.15, 0.2) is 47.3 Å². The Labute approximate surface area is 147 Å². The van der Waals surface area contributed by atoms with Crippen molar-refractivity contribution in [3.05, 3.63) is 58.4 Å². The number of anilines is 1. The molecule has 0 spiro atoms. The van der Waals surface area contributed by atoms with Gasteiger partial charge >= 0.3 is 0 Å². The van der Waals surface area contributed by atoms with Crippen LogP contribution < -0.4 is 10.9 Å². The first kappa shape index (κ1) is 18.0. The molecule has 0 saturated carbocycles. The molecule has 0 atom stereocenters. The minimum atomic E-state index is -0.161. The van der Waals surface area contributed by atoms with E-state index in [0.29, 0.717) is 16.9 Å². The summed E-state index contributed by atoms with van der Waals surface area (Å²) in [5.41, 5.74) is 3.72. The standard InChI is InChI=1S/C19H21N3O.ClH/c1-12-5-7-13(8-6-12)14-9-10-16-15(11-14)17(23)21-18(20-16)22-19(2,3)4;/h5-11H,1-4H3,(H2,20,21,22,23);1H. The zero-order valence-electron chi connectivity index (χ0n) is 14.3. The Kier molecular flexibility index (Phi) is 4.99. The van der Waals surface area contributed by atoms with Gasteiger partial charge in [-0.25, -0.2) is 4.98 Å². The first-order chi connectivity index (χ1) is 10.8. The second kappa shape index (κ2) is 6.65. The number of aromatic nitrogens is 2. The second-order valence-corrected chi connectivity index (χ2v) is 6.89. The smallest absolute Gasteiger partial charge is 0.260 e. The summed E-state index contributed by atoms with van der Waals surface area (Å²) < 4.78 is 0. The molecular formula is C19H22ClN3O. The Bertz CT molecular complexity index is 909. The van der Waals surface area contributed by atoms with E-state index in [4.69, 9.17) is 0 Å². The lowest BCUT2D eigenvalue weighted by Gasteiger charge is -2.20. The molecule has 0 aliphatic carbocycles. The quantitative estimate of drug-likeness (QED) is 0.718. The van der Waals surface area contributed by atoms with Crippen molar-refractivity contribution < 1.29 is 0 Å². The number of rotatable bonds is 2. The number of fused-ring (bicyclic) bond motifs is 1. The molecule has 3 aromatic rings. The fraction of sp³-hybridized carbons (Fsp3) is 0.263. The summed E-state index contributed by atoms with van der Waals surface area (Å²) in [6, 6.07) is 14.1. The zero-order valence-corrected chi connectivity index (χ0v) is 15.1.